The molecule has 104 valence electrons. The molecular formula is C14H21N3O2. The van der Waals surface area contributed by atoms with Crippen LogP contribution in [0.5, 0.6) is 0 Å². The molecule has 1 aromatic carbocycles. The van der Waals surface area contributed by atoms with E-state index >= 15 is 0 Å². The zero-order valence-electron chi connectivity index (χ0n) is 11.7. The summed E-state index contributed by atoms with van der Waals surface area (Å²) in [5, 5.41) is 2.52. The first-order valence-corrected chi connectivity index (χ1v) is 6.35. The van der Waals surface area contributed by atoms with Crippen LogP contribution in [0, 0.1) is 6.92 Å². The van der Waals surface area contributed by atoms with Crippen molar-refractivity contribution < 1.29 is 9.59 Å². The van der Waals surface area contributed by atoms with Gasteiger partial charge in [0.25, 0.3) is 5.91 Å². The number of hydrogen-bond donors (Lipinski definition) is 2. The lowest BCUT2D eigenvalue weighted by molar-refractivity contribution is -0.121. The Bertz CT molecular complexity index is 472. The largest absolute Gasteiger partial charge is 0.398 e. The molecule has 19 heavy (non-hydrogen) atoms. The van der Waals surface area contributed by atoms with Crippen molar-refractivity contribution in [2.24, 2.45) is 0 Å². The molecule has 0 atom stereocenters. The molecule has 5 nitrogen and oxygen atoms in total. The van der Waals surface area contributed by atoms with Gasteiger partial charge >= 0.3 is 0 Å². The molecule has 1 aromatic rings. The van der Waals surface area contributed by atoms with Crippen molar-refractivity contribution in [2.45, 2.75) is 20.3 Å². The van der Waals surface area contributed by atoms with E-state index in [1.165, 1.54) is 4.90 Å². The highest BCUT2D eigenvalue weighted by Gasteiger charge is 2.19. The van der Waals surface area contributed by atoms with Crippen molar-refractivity contribution in [3.8, 4) is 0 Å². The van der Waals surface area contributed by atoms with Gasteiger partial charge in [-0.2, -0.15) is 0 Å². The van der Waals surface area contributed by atoms with E-state index in [2.05, 4.69) is 5.32 Å². The summed E-state index contributed by atoms with van der Waals surface area (Å²) in [6.45, 7) is 4.44. The Hall–Kier alpha value is -2.04. The predicted octanol–water partition coefficient (Wildman–Crippen LogP) is 1.18. The molecule has 2 amide bonds. The Morgan fingerprint density at radius 1 is 1.37 bits per heavy atom. The minimum absolute atomic E-state index is 0.0521. The normalized spacial score (nSPS) is 10.1. The monoisotopic (exact) mass is 263 g/mol. The van der Waals surface area contributed by atoms with Crippen LogP contribution in [-0.2, 0) is 4.79 Å². The molecule has 0 saturated carbocycles. The second kappa shape index (κ2) is 6.78. The zero-order chi connectivity index (χ0) is 14.4. The van der Waals surface area contributed by atoms with E-state index in [4.69, 9.17) is 5.73 Å². The van der Waals surface area contributed by atoms with E-state index < -0.39 is 0 Å². The number of nitrogens with zero attached hydrogens (tertiary/aromatic N) is 1. The van der Waals surface area contributed by atoms with Gasteiger partial charge in [0.15, 0.2) is 0 Å². The second-order valence-corrected chi connectivity index (χ2v) is 4.49. The maximum absolute atomic E-state index is 12.4. The van der Waals surface area contributed by atoms with Crippen LogP contribution < -0.4 is 11.1 Å². The molecule has 0 aliphatic rings. The number of amides is 2. The van der Waals surface area contributed by atoms with Gasteiger partial charge in [-0.15, -0.1) is 0 Å². The van der Waals surface area contributed by atoms with Crippen LogP contribution >= 0.6 is 0 Å². The van der Waals surface area contributed by atoms with Gasteiger partial charge < -0.3 is 16.0 Å². The average Bonchev–Trinajstić information content (AvgIpc) is 2.40. The highest BCUT2D eigenvalue weighted by atomic mass is 16.2. The third-order valence-electron chi connectivity index (χ3n) is 2.83. The number of carbonyl (C=O) groups excluding carboxylic acids is 2. The molecule has 1 rings (SSSR count). The van der Waals surface area contributed by atoms with E-state index in [9.17, 15) is 9.59 Å². The highest BCUT2D eigenvalue weighted by molar-refractivity contribution is 6.00. The molecule has 0 aliphatic carbocycles. The quantitative estimate of drug-likeness (QED) is 0.783. The lowest BCUT2D eigenvalue weighted by Crippen LogP contribution is -2.40. The van der Waals surface area contributed by atoms with Gasteiger partial charge in [0, 0.05) is 19.3 Å². The number of rotatable bonds is 5. The maximum atomic E-state index is 12.4. The van der Waals surface area contributed by atoms with Crippen LogP contribution in [0.15, 0.2) is 18.2 Å². The SMILES string of the molecule is CCCN(CC(=O)NC)C(=O)c1cc(C)ccc1N. The van der Waals surface area contributed by atoms with Crippen molar-refractivity contribution in [3.63, 3.8) is 0 Å². The van der Waals surface area contributed by atoms with Crippen molar-refractivity contribution >= 4 is 17.5 Å². The summed E-state index contributed by atoms with van der Waals surface area (Å²) < 4.78 is 0. The van der Waals surface area contributed by atoms with Gasteiger partial charge in [0.1, 0.15) is 0 Å². The number of aryl methyl sites for hydroxylation is 1. The van der Waals surface area contributed by atoms with Crippen LogP contribution in [0.25, 0.3) is 0 Å². The Labute approximate surface area is 113 Å². The van der Waals surface area contributed by atoms with Crippen LogP contribution in [-0.4, -0.2) is 36.9 Å². The smallest absolute Gasteiger partial charge is 0.256 e. The molecule has 3 N–H and O–H groups in total. The van der Waals surface area contributed by atoms with E-state index in [1.54, 1.807) is 19.2 Å². The number of benzene rings is 1. The Morgan fingerprint density at radius 2 is 2.05 bits per heavy atom. The summed E-state index contributed by atoms with van der Waals surface area (Å²) >= 11 is 0. The van der Waals surface area contributed by atoms with Gasteiger partial charge in [0.05, 0.1) is 12.1 Å². The summed E-state index contributed by atoms with van der Waals surface area (Å²) in [6.07, 6.45) is 0.786. The van der Waals surface area contributed by atoms with E-state index in [0.29, 0.717) is 17.8 Å². The summed E-state index contributed by atoms with van der Waals surface area (Å²) in [5.74, 6) is -0.389. The van der Waals surface area contributed by atoms with Crippen molar-refractivity contribution in [1.82, 2.24) is 10.2 Å². The summed E-state index contributed by atoms with van der Waals surface area (Å²) in [7, 11) is 1.55. The number of nitrogens with two attached hydrogens (primary N) is 1. The lowest BCUT2D eigenvalue weighted by atomic mass is 10.1. The van der Waals surface area contributed by atoms with Crippen LogP contribution in [0.1, 0.15) is 29.3 Å². The first-order valence-electron chi connectivity index (χ1n) is 6.35. The topological polar surface area (TPSA) is 75.4 Å². The summed E-state index contributed by atoms with van der Waals surface area (Å²) in [5.41, 5.74) is 7.70. The molecule has 0 aliphatic heterocycles. The van der Waals surface area contributed by atoms with Crippen LogP contribution in [0.3, 0.4) is 0 Å². The molecule has 0 fully saturated rings. The van der Waals surface area contributed by atoms with Crippen molar-refractivity contribution in [1.29, 1.82) is 0 Å². The number of nitrogen functional groups attached to an aromatic ring is 1. The highest BCUT2D eigenvalue weighted by Crippen LogP contribution is 2.16. The number of hydrogen-bond acceptors (Lipinski definition) is 3. The molecule has 0 radical (unpaired) electrons. The minimum Gasteiger partial charge on any atom is -0.398 e. The fourth-order valence-corrected chi connectivity index (χ4v) is 1.80. The number of carbonyl (C=O) groups is 2. The molecule has 0 unspecified atom stereocenters. The molecule has 0 bridgehead atoms. The van der Waals surface area contributed by atoms with Crippen molar-refractivity contribution in [2.75, 3.05) is 25.9 Å². The van der Waals surface area contributed by atoms with Gasteiger partial charge in [-0.1, -0.05) is 18.6 Å². The molecule has 0 heterocycles. The Kier molecular flexibility index (Phi) is 5.36. The number of anilines is 1. The second-order valence-electron chi connectivity index (χ2n) is 4.49. The molecule has 5 heteroatoms. The summed E-state index contributed by atoms with van der Waals surface area (Å²) in [4.78, 5) is 25.4. The standard InChI is InChI=1S/C14H21N3O2/c1-4-7-17(9-13(18)16-3)14(19)11-8-10(2)5-6-12(11)15/h5-6,8H,4,7,9,15H2,1-3H3,(H,16,18). The van der Waals surface area contributed by atoms with Crippen LogP contribution in [0.2, 0.25) is 0 Å². The molecule has 0 saturated heterocycles. The zero-order valence-corrected chi connectivity index (χ0v) is 11.7. The van der Waals surface area contributed by atoms with E-state index in [0.717, 1.165) is 12.0 Å². The summed E-state index contributed by atoms with van der Waals surface area (Å²) in [6, 6.07) is 5.33. The van der Waals surface area contributed by atoms with E-state index in [-0.39, 0.29) is 18.4 Å². The molecule has 0 aromatic heterocycles. The first kappa shape index (κ1) is 15.0. The molecular weight excluding hydrogens is 242 g/mol. The van der Waals surface area contributed by atoms with Gasteiger partial charge in [-0.3, -0.25) is 9.59 Å². The van der Waals surface area contributed by atoms with Gasteiger partial charge in [0.2, 0.25) is 5.91 Å². The third kappa shape index (κ3) is 3.98. The molecule has 0 spiro atoms. The lowest BCUT2D eigenvalue weighted by Gasteiger charge is -2.22. The fourth-order valence-electron chi connectivity index (χ4n) is 1.80. The Morgan fingerprint density at radius 3 is 2.63 bits per heavy atom. The van der Waals surface area contributed by atoms with Gasteiger partial charge in [-0.05, 0) is 25.5 Å². The van der Waals surface area contributed by atoms with Crippen LogP contribution in [0.4, 0.5) is 5.69 Å². The first-order chi connectivity index (χ1) is 8.99. The number of likely N-dealkylation sites (N-methyl/N-ethyl adjacent to an activating group) is 1. The van der Waals surface area contributed by atoms with Gasteiger partial charge in [-0.25, -0.2) is 0 Å². The Balaban J connectivity index is 2.98. The number of nitrogens with one attached hydrogen (secondary N) is 1. The third-order valence-corrected chi connectivity index (χ3v) is 2.83. The predicted molar refractivity (Wildman–Crippen MR) is 75.9 cm³/mol. The van der Waals surface area contributed by atoms with Crippen molar-refractivity contribution in [3.05, 3.63) is 29.3 Å². The average molecular weight is 263 g/mol. The maximum Gasteiger partial charge on any atom is 0.256 e. The fraction of sp³-hybridized carbons (Fsp3) is 0.429. The minimum atomic E-state index is -0.202. The van der Waals surface area contributed by atoms with E-state index in [1.807, 2.05) is 19.9 Å².